The molecule has 110 valence electrons. The van der Waals surface area contributed by atoms with Gasteiger partial charge in [-0.05, 0) is 30.2 Å². The van der Waals surface area contributed by atoms with Crippen molar-refractivity contribution >= 4 is 17.1 Å². The van der Waals surface area contributed by atoms with E-state index in [2.05, 4.69) is 5.32 Å². The Morgan fingerprint density at radius 3 is 2.38 bits per heavy atom. The average molecular weight is 293 g/mol. The molecule has 2 aromatic carbocycles. The zero-order chi connectivity index (χ0) is 15.4. The van der Waals surface area contributed by atoms with Crippen molar-refractivity contribution in [1.29, 1.82) is 0 Å². The lowest BCUT2D eigenvalue weighted by atomic mass is 10.1. The topological polar surface area (TPSA) is 81.2 Å². The van der Waals surface area contributed by atoms with Gasteiger partial charge in [-0.25, -0.2) is 8.78 Å². The highest BCUT2D eigenvalue weighted by atomic mass is 19.1. The zero-order valence-electron chi connectivity index (χ0n) is 11.0. The first kappa shape index (κ1) is 14.7. The van der Waals surface area contributed by atoms with Crippen molar-refractivity contribution in [3.63, 3.8) is 0 Å². The fourth-order valence-electron chi connectivity index (χ4n) is 1.95. The first-order valence-corrected chi connectivity index (χ1v) is 6.18. The number of benzene rings is 2. The minimum atomic E-state index is -0.635. The van der Waals surface area contributed by atoms with Gasteiger partial charge in [0.1, 0.15) is 11.6 Å². The Labute approximate surface area is 119 Å². The second-order valence-electron chi connectivity index (χ2n) is 4.52. The SMILES string of the molecule is Nc1cc(NCCc2cc(F)cc(F)c2)cc([N+](=O)[O-])c1. The van der Waals surface area contributed by atoms with Gasteiger partial charge in [-0.15, -0.1) is 0 Å². The van der Waals surface area contributed by atoms with Crippen LogP contribution >= 0.6 is 0 Å². The van der Waals surface area contributed by atoms with Gasteiger partial charge < -0.3 is 11.1 Å². The maximum Gasteiger partial charge on any atom is 0.273 e. The third-order valence-electron chi connectivity index (χ3n) is 2.82. The predicted octanol–water partition coefficient (Wildman–Crippen LogP) is 3.11. The zero-order valence-corrected chi connectivity index (χ0v) is 11.0. The molecule has 2 aromatic rings. The summed E-state index contributed by atoms with van der Waals surface area (Å²) >= 11 is 0. The fourth-order valence-corrected chi connectivity index (χ4v) is 1.95. The summed E-state index contributed by atoms with van der Waals surface area (Å²) < 4.78 is 26.0. The first-order valence-electron chi connectivity index (χ1n) is 6.18. The molecule has 0 bridgehead atoms. The van der Waals surface area contributed by atoms with Crippen LogP contribution in [-0.4, -0.2) is 11.5 Å². The molecule has 0 aliphatic heterocycles. The molecule has 0 unspecified atom stereocenters. The average Bonchev–Trinajstić information content (AvgIpc) is 2.36. The molecule has 0 amide bonds. The summed E-state index contributed by atoms with van der Waals surface area (Å²) in [5, 5.41) is 13.7. The number of hydrogen-bond donors (Lipinski definition) is 2. The highest BCUT2D eigenvalue weighted by Gasteiger charge is 2.08. The van der Waals surface area contributed by atoms with Crippen LogP contribution in [0.1, 0.15) is 5.56 Å². The highest BCUT2D eigenvalue weighted by Crippen LogP contribution is 2.22. The van der Waals surface area contributed by atoms with E-state index in [4.69, 9.17) is 5.73 Å². The molecule has 21 heavy (non-hydrogen) atoms. The number of nitro groups is 1. The van der Waals surface area contributed by atoms with Crippen LogP contribution in [0.4, 0.5) is 25.8 Å². The van der Waals surface area contributed by atoms with E-state index in [-0.39, 0.29) is 11.4 Å². The highest BCUT2D eigenvalue weighted by molar-refractivity contribution is 5.61. The van der Waals surface area contributed by atoms with Crippen LogP contribution in [0.5, 0.6) is 0 Å². The third kappa shape index (κ3) is 4.13. The van der Waals surface area contributed by atoms with E-state index < -0.39 is 16.6 Å². The molecule has 0 saturated carbocycles. The summed E-state index contributed by atoms with van der Waals surface area (Å²) in [6.45, 7) is 0.365. The molecule has 2 rings (SSSR count). The standard InChI is InChI=1S/C14H13F2N3O2/c15-10-3-9(4-11(16)5-10)1-2-18-13-6-12(17)7-14(8-13)19(20)21/h3-8,18H,1-2,17H2. The molecule has 3 N–H and O–H groups in total. The molecule has 0 heterocycles. The summed E-state index contributed by atoms with van der Waals surface area (Å²) in [5.41, 5.74) is 6.71. The van der Waals surface area contributed by atoms with E-state index in [1.165, 1.54) is 24.3 Å². The van der Waals surface area contributed by atoms with E-state index in [0.29, 0.717) is 24.2 Å². The number of nitrogen functional groups attached to an aromatic ring is 1. The maximum atomic E-state index is 13.0. The number of hydrogen-bond acceptors (Lipinski definition) is 4. The third-order valence-corrected chi connectivity index (χ3v) is 2.82. The van der Waals surface area contributed by atoms with Gasteiger partial charge in [-0.1, -0.05) is 0 Å². The van der Waals surface area contributed by atoms with Crippen LogP contribution in [0, 0.1) is 21.7 Å². The Kier molecular flexibility index (Phi) is 4.32. The largest absolute Gasteiger partial charge is 0.398 e. The molecule has 0 atom stereocenters. The molecule has 0 aromatic heterocycles. The lowest BCUT2D eigenvalue weighted by Crippen LogP contribution is -2.06. The lowest BCUT2D eigenvalue weighted by molar-refractivity contribution is -0.384. The van der Waals surface area contributed by atoms with Gasteiger partial charge in [0.15, 0.2) is 0 Å². The van der Waals surface area contributed by atoms with E-state index in [0.717, 1.165) is 6.07 Å². The van der Waals surface area contributed by atoms with Crippen molar-refractivity contribution < 1.29 is 13.7 Å². The van der Waals surface area contributed by atoms with Gasteiger partial charge in [0.2, 0.25) is 0 Å². The molecular weight excluding hydrogens is 280 g/mol. The maximum absolute atomic E-state index is 13.0. The molecule has 0 aliphatic rings. The van der Waals surface area contributed by atoms with Gasteiger partial charge in [0, 0.05) is 36.1 Å². The number of anilines is 2. The Morgan fingerprint density at radius 2 is 1.76 bits per heavy atom. The van der Waals surface area contributed by atoms with Gasteiger partial charge in [0.25, 0.3) is 5.69 Å². The van der Waals surface area contributed by atoms with Crippen LogP contribution in [0.15, 0.2) is 36.4 Å². The summed E-state index contributed by atoms with van der Waals surface area (Å²) in [7, 11) is 0. The molecule has 0 fully saturated rings. The molecule has 0 spiro atoms. The number of halogens is 2. The van der Waals surface area contributed by atoms with Crippen LogP contribution in [0.25, 0.3) is 0 Å². The second-order valence-corrected chi connectivity index (χ2v) is 4.52. The number of rotatable bonds is 5. The Morgan fingerprint density at radius 1 is 1.10 bits per heavy atom. The lowest BCUT2D eigenvalue weighted by Gasteiger charge is -2.08. The quantitative estimate of drug-likeness (QED) is 0.504. The Bertz CT molecular complexity index is 657. The van der Waals surface area contributed by atoms with Gasteiger partial charge in [-0.2, -0.15) is 0 Å². The van der Waals surface area contributed by atoms with Crippen molar-refractivity contribution in [1.82, 2.24) is 0 Å². The van der Waals surface area contributed by atoms with Crippen molar-refractivity contribution in [3.8, 4) is 0 Å². The minimum absolute atomic E-state index is 0.116. The Balaban J connectivity index is 2.01. The monoisotopic (exact) mass is 293 g/mol. The normalized spacial score (nSPS) is 10.4. The molecule has 0 aliphatic carbocycles. The van der Waals surface area contributed by atoms with Crippen molar-refractivity contribution in [3.05, 3.63) is 63.7 Å². The Hall–Kier alpha value is -2.70. The molecule has 7 heteroatoms. The van der Waals surface area contributed by atoms with E-state index in [1.54, 1.807) is 6.07 Å². The molecule has 5 nitrogen and oxygen atoms in total. The smallest absolute Gasteiger partial charge is 0.273 e. The second kappa shape index (κ2) is 6.17. The van der Waals surface area contributed by atoms with Crippen molar-refractivity contribution in [2.24, 2.45) is 0 Å². The predicted molar refractivity (Wildman–Crippen MR) is 76.1 cm³/mol. The number of nitrogens with two attached hydrogens (primary N) is 1. The van der Waals surface area contributed by atoms with Crippen LogP contribution in [0.3, 0.4) is 0 Å². The number of non-ortho nitro benzene ring substituents is 1. The number of nitro benzene ring substituents is 1. The van der Waals surface area contributed by atoms with Crippen LogP contribution in [-0.2, 0) is 6.42 Å². The fraction of sp³-hybridized carbons (Fsp3) is 0.143. The molecular formula is C14H13F2N3O2. The van der Waals surface area contributed by atoms with Gasteiger partial charge >= 0.3 is 0 Å². The molecule has 0 radical (unpaired) electrons. The van der Waals surface area contributed by atoms with Gasteiger partial charge in [-0.3, -0.25) is 10.1 Å². The van der Waals surface area contributed by atoms with Crippen LogP contribution in [0.2, 0.25) is 0 Å². The first-order chi connectivity index (χ1) is 9.94. The number of nitrogens with one attached hydrogen (secondary N) is 1. The van der Waals surface area contributed by atoms with E-state index in [9.17, 15) is 18.9 Å². The van der Waals surface area contributed by atoms with E-state index in [1.807, 2.05) is 0 Å². The van der Waals surface area contributed by atoms with Crippen molar-refractivity contribution in [2.45, 2.75) is 6.42 Å². The summed E-state index contributed by atoms with van der Waals surface area (Å²) in [5.74, 6) is -1.27. The van der Waals surface area contributed by atoms with Crippen LogP contribution < -0.4 is 11.1 Å². The number of nitrogens with zero attached hydrogens (tertiary/aromatic N) is 1. The summed E-state index contributed by atoms with van der Waals surface area (Å²) in [4.78, 5) is 10.2. The summed E-state index contributed by atoms with van der Waals surface area (Å²) in [6, 6.07) is 7.45. The van der Waals surface area contributed by atoms with Crippen molar-refractivity contribution in [2.75, 3.05) is 17.6 Å². The minimum Gasteiger partial charge on any atom is -0.398 e. The van der Waals surface area contributed by atoms with Gasteiger partial charge in [0.05, 0.1) is 4.92 Å². The summed E-state index contributed by atoms with van der Waals surface area (Å²) in [6.07, 6.45) is 0.372. The molecule has 0 saturated heterocycles. The van der Waals surface area contributed by atoms with E-state index >= 15 is 0 Å².